The van der Waals surface area contributed by atoms with Gasteiger partial charge in [0.05, 0.1) is 30.8 Å². The first-order valence-corrected chi connectivity index (χ1v) is 11.6. The summed E-state index contributed by atoms with van der Waals surface area (Å²) in [6, 6.07) is 15.4. The van der Waals surface area contributed by atoms with Gasteiger partial charge in [0.25, 0.3) is 0 Å². The Labute approximate surface area is 178 Å². The summed E-state index contributed by atoms with van der Waals surface area (Å²) in [6.45, 7) is 3.87. The van der Waals surface area contributed by atoms with Gasteiger partial charge >= 0.3 is 10.2 Å². The fourth-order valence-electron chi connectivity index (χ4n) is 4.47. The van der Waals surface area contributed by atoms with Crippen molar-refractivity contribution in [2.45, 2.75) is 31.7 Å². The Morgan fingerprint density at radius 3 is 2.63 bits per heavy atom. The van der Waals surface area contributed by atoms with Crippen molar-refractivity contribution in [2.75, 3.05) is 36.4 Å². The van der Waals surface area contributed by atoms with Crippen LogP contribution in [0.5, 0.6) is 5.75 Å². The highest BCUT2D eigenvalue weighted by Gasteiger charge is 2.39. The van der Waals surface area contributed by atoms with E-state index in [0.29, 0.717) is 25.3 Å². The molecule has 0 aliphatic carbocycles. The summed E-state index contributed by atoms with van der Waals surface area (Å²) in [6.07, 6.45) is 1.78. The monoisotopic (exact) mass is 426 g/mol. The Morgan fingerprint density at radius 2 is 1.97 bits per heavy atom. The molecule has 1 fully saturated rings. The number of methoxy groups -OCH3 is 1. The number of ether oxygens (including phenoxy) is 1. The van der Waals surface area contributed by atoms with Gasteiger partial charge in [0.1, 0.15) is 5.75 Å². The van der Waals surface area contributed by atoms with Crippen LogP contribution in [0, 0.1) is 11.3 Å². The van der Waals surface area contributed by atoms with E-state index in [0.717, 1.165) is 35.4 Å². The summed E-state index contributed by atoms with van der Waals surface area (Å²) in [5.41, 5.74) is 3.37. The molecule has 2 aromatic rings. The quantitative estimate of drug-likeness (QED) is 0.762. The number of likely N-dealkylation sites (N-methyl/N-ethyl adjacent to an activating group) is 1. The molecule has 0 radical (unpaired) electrons. The van der Waals surface area contributed by atoms with Gasteiger partial charge in [-0.3, -0.25) is 4.72 Å². The first-order valence-electron chi connectivity index (χ1n) is 10.2. The predicted molar refractivity (Wildman–Crippen MR) is 117 cm³/mol. The molecular weight excluding hydrogens is 400 g/mol. The van der Waals surface area contributed by atoms with Gasteiger partial charge in [-0.1, -0.05) is 18.2 Å². The highest BCUT2D eigenvalue weighted by molar-refractivity contribution is 7.90. The van der Waals surface area contributed by atoms with Gasteiger partial charge in [-0.15, -0.1) is 0 Å². The van der Waals surface area contributed by atoms with Gasteiger partial charge < -0.3 is 9.64 Å². The number of anilines is 2. The largest absolute Gasteiger partial charge is 0.497 e. The molecule has 2 unspecified atom stereocenters. The maximum absolute atomic E-state index is 12.7. The third kappa shape index (κ3) is 3.59. The van der Waals surface area contributed by atoms with E-state index in [4.69, 9.17) is 4.74 Å². The minimum atomic E-state index is -3.57. The van der Waals surface area contributed by atoms with Crippen LogP contribution in [0.25, 0.3) is 0 Å². The second-order valence-electron chi connectivity index (χ2n) is 7.60. The number of hydrogen-bond acceptors (Lipinski definition) is 5. The van der Waals surface area contributed by atoms with Gasteiger partial charge in [0, 0.05) is 31.4 Å². The summed E-state index contributed by atoms with van der Waals surface area (Å²) in [5.74, 6) is 0.396. The maximum Gasteiger partial charge on any atom is 0.301 e. The fourth-order valence-corrected chi connectivity index (χ4v) is 5.76. The molecule has 2 heterocycles. The lowest BCUT2D eigenvalue weighted by atomic mass is 9.91. The number of nitrogens with one attached hydrogen (secondary N) is 1. The van der Waals surface area contributed by atoms with Gasteiger partial charge in [0.15, 0.2) is 0 Å². The summed E-state index contributed by atoms with van der Waals surface area (Å²) < 4.78 is 34.9. The zero-order chi connectivity index (χ0) is 21.3. The first kappa shape index (κ1) is 20.5. The van der Waals surface area contributed by atoms with Crippen molar-refractivity contribution >= 4 is 21.6 Å². The average molecular weight is 427 g/mol. The number of rotatable bonds is 6. The van der Waals surface area contributed by atoms with Crippen LogP contribution in [0.2, 0.25) is 0 Å². The molecule has 2 atom stereocenters. The van der Waals surface area contributed by atoms with Gasteiger partial charge in [-0.2, -0.15) is 18.0 Å². The zero-order valence-electron chi connectivity index (χ0n) is 17.2. The molecule has 30 heavy (non-hydrogen) atoms. The molecule has 7 nitrogen and oxygen atoms in total. The zero-order valence-corrected chi connectivity index (χ0v) is 18.0. The van der Waals surface area contributed by atoms with Crippen LogP contribution >= 0.6 is 0 Å². The highest BCUT2D eigenvalue weighted by atomic mass is 32.2. The normalized spacial score (nSPS) is 21.3. The van der Waals surface area contributed by atoms with E-state index in [1.807, 2.05) is 36.4 Å². The summed E-state index contributed by atoms with van der Waals surface area (Å²) in [4.78, 5) is 2.18. The number of benzene rings is 2. The molecule has 0 saturated carbocycles. The Hall–Kier alpha value is -2.76. The average Bonchev–Trinajstić information content (AvgIpc) is 3.39. The molecule has 0 spiro atoms. The SMILES string of the molecule is CCN1c2cc(OC)ccc2C(C#N)C1c1cccc(NS(=O)(=O)N2CCCC2)c1. The van der Waals surface area contributed by atoms with Crippen LogP contribution in [-0.2, 0) is 10.2 Å². The Kier molecular flexibility index (Phi) is 5.58. The lowest BCUT2D eigenvalue weighted by Crippen LogP contribution is -2.33. The molecule has 4 rings (SSSR count). The summed E-state index contributed by atoms with van der Waals surface area (Å²) >= 11 is 0. The molecule has 2 aromatic carbocycles. The predicted octanol–water partition coefficient (Wildman–Crippen LogP) is 3.64. The second-order valence-corrected chi connectivity index (χ2v) is 9.27. The molecule has 2 aliphatic heterocycles. The lowest BCUT2D eigenvalue weighted by molar-refractivity contribution is 0.415. The Morgan fingerprint density at radius 1 is 1.20 bits per heavy atom. The van der Waals surface area contributed by atoms with E-state index in [-0.39, 0.29) is 12.0 Å². The van der Waals surface area contributed by atoms with E-state index < -0.39 is 10.2 Å². The van der Waals surface area contributed by atoms with Crippen molar-refractivity contribution in [3.05, 3.63) is 53.6 Å². The van der Waals surface area contributed by atoms with Crippen LogP contribution in [0.1, 0.15) is 42.9 Å². The van der Waals surface area contributed by atoms with Crippen LogP contribution in [0.3, 0.4) is 0 Å². The van der Waals surface area contributed by atoms with E-state index in [9.17, 15) is 13.7 Å². The number of hydrogen-bond donors (Lipinski definition) is 1. The van der Waals surface area contributed by atoms with E-state index in [1.165, 1.54) is 4.31 Å². The van der Waals surface area contributed by atoms with Gasteiger partial charge in [-0.25, -0.2) is 0 Å². The van der Waals surface area contributed by atoms with Crippen molar-refractivity contribution < 1.29 is 13.2 Å². The lowest BCUT2D eigenvalue weighted by Gasteiger charge is -2.28. The molecule has 8 heteroatoms. The summed E-state index contributed by atoms with van der Waals surface area (Å²) in [5, 5.41) is 9.96. The van der Waals surface area contributed by atoms with Crippen LogP contribution < -0.4 is 14.4 Å². The highest BCUT2D eigenvalue weighted by Crippen LogP contribution is 2.49. The van der Waals surface area contributed by atoms with Crippen molar-refractivity contribution in [1.82, 2.24) is 4.31 Å². The summed E-state index contributed by atoms with van der Waals surface area (Å²) in [7, 11) is -1.94. The number of nitrogens with zero attached hydrogens (tertiary/aromatic N) is 3. The van der Waals surface area contributed by atoms with Gasteiger partial charge in [-0.05, 0) is 49.1 Å². The molecule has 1 saturated heterocycles. The molecule has 2 aliphatic rings. The third-order valence-corrected chi connectivity index (χ3v) is 7.43. The van der Waals surface area contributed by atoms with E-state index in [1.54, 1.807) is 13.2 Å². The molecular formula is C22H26N4O3S. The van der Waals surface area contributed by atoms with Crippen LogP contribution in [0.4, 0.5) is 11.4 Å². The van der Waals surface area contributed by atoms with Crippen molar-refractivity contribution in [3.8, 4) is 11.8 Å². The van der Waals surface area contributed by atoms with Crippen molar-refractivity contribution in [1.29, 1.82) is 5.26 Å². The Bertz CT molecular complexity index is 1070. The molecule has 0 aromatic heterocycles. The first-order chi connectivity index (χ1) is 14.5. The third-order valence-electron chi connectivity index (χ3n) is 5.89. The van der Waals surface area contributed by atoms with Crippen molar-refractivity contribution in [3.63, 3.8) is 0 Å². The number of nitriles is 1. The fraction of sp³-hybridized carbons (Fsp3) is 0.409. The van der Waals surface area contributed by atoms with Crippen LogP contribution in [0.15, 0.2) is 42.5 Å². The minimum absolute atomic E-state index is 0.196. The maximum atomic E-state index is 12.7. The molecule has 158 valence electrons. The van der Waals surface area contributed by atoms with Crippen LogP contribution in [-0.4, -0.2) is 39.5 Å². The van der Waals surface area contributed by atoms with Gasteiger partial charge in [0.2, 0.25) is 0 Å². The van der Waals surface area contributed by atoms with Crippen molar-refractivity contribution in [2.24, 2.45) is 0 Å². The molecule has 0 bridgehead atoms. The minimum Gasteiger partial charge on any atom is -0.497 e. The Balaban J connectivity index is 1.68. The van der Waals surface area contributed by atoms with E-state index >= 15 is 0 Å². The number of fused-ring (bicyclic) bond motifs is 1. The molecule has 1 N–H and O–H groups in total. The standard InChI is InChI=1S/C22H26N4O3S/c1-3-26-21-14-18(29-2)9-10-19(21)20(15-23)22(26)16-7-6-8-17(13-16)24-30(27,28)25-11-4-5-12-25/h6-10,13-14,20,22,24H,3-5,11-12H2,1-2H3. The molecule has 0 amide bonds. The smallest absolute Gasteiger partial charge is 0.301 e. The van der Waals surface area contributed by atoms with E-state index in [2.05, 4.69) is 22.6 Å². The topological polar surface area (TPSA) is 85.7 Å². The second kappa shape index (κ2) is 8.17.